The predicted octanol–water partition coefficient (Wildman–Crippen LogP) is 1.80. The highest BCUT2D eigenvalue weighted by Gasteiger charge is 2.48. The number of ether oxygens (including phenoxy) is 1. The van der Waals surface area contributed by atoms with Gasteiger partial charge in [-0.05, 0) is 30.9 Å². The molecular formula is C14H18N2O. The van der Waals surface area contributed by atoms with Crippen LogP contribution in [0.1, 0.15) is 12.8 Å². The van der Waals surface area contributed by atoms with Crippen LogP contribution in [0.25, 0.3) is 0 Å². The minimum absolute atomic E-state index is 0.437. The van der Waals surface area contributed by atoms with Gasteiger partial charge in [0.2, 0.25) is 0 Å². The summed E-state index contributed by atoms with van der Waals surface area (Å²) in [5, 5.41) is 0. The topological polar surface area (TPSA) is 25.4 Å². The van der Waals surface area contributed by atoms with E-state index in [1.807, 2.05) is 18.3 Å². The summed E-state index contributed by atoms with van der Waals surface area (Å²) in [6.45, 7) is 3.84. The molecule has 4 aliphatic rings. The van der Waals surface area contributed by atoms with Gasteiger partial charge in [-0.3, -0.25) is 4.98 Å². The molecule has 17 heavy (non-hydrogen) atoms. The van der Waals surface area contributed by atoms with Crippen molar-refractivity contribution in [1.82, 2.24) is 9.88 Å². The van der Waals surface area contributed by atoms with Gasteiger partial charge in [0.15, 0.2) is 0 Å². The lowest BCUT2D eigenvalue weighted by Crippen LogP contribution is -2.61. The maximum atomic E-state index is 6.20. The molecule has 1 aromatic rings. The van der Waals surface area contributed by atoms with Crippen molar-refractivity contribution >= 4 is 0 Å². The van der Waals surface area contributed by atoms with Crippen LogP contribution in [0.4, 0.5) is 0 Å². The largest absolute Gasteiger partial charge is 0.488 e. The molecule has 3 nitrogen and oxygen atoms in total. The Balaban J connectivity index is 1.55. The van der Waals surface area contributed by atoms with Crippen LogP contribution in [0.15, 0.2) is 24.5 Å². The van der Waals surface area contributed by atoms with Gasteiger partial charge in [0, 0.05) is 37.7 Å². The third-order valence-electron chi connectivity index (χ3n) is 4.61. The third kappa shape index (κ3) is 1.64. The molecule has 1 aliphatic carbocycles. The number of rotatable bonds is 2. The van der Waals surface area contributed by atoms with Crippen molar-refractivity contribution in [1.29, 1.82) is 0 Å². The molecule has 3 saturated heterocycles. The maximum Gasteiger partial charge on any atom is 0.138 e. The molecular weight excluding hydrogens is 212 g/mol. The first-order valence-corrected chi connectivity index (χ1v) is 6.67. The molecule has 0 aromatic carbocycles. The third-order valence-corrected chi connectivity index (χ3v) is 4.61. The Morgan fingerprint density at radius 2 is 2.00 bits per heavy atom. The van der Waals surface area contributed by atoms with Crippen molar-refractivity contribution in [2.45, 2.75) is 18.9 Å². The summed E-state index contributed by atoms with van der Waals surface area (Å²) in [4.78, 5) is 6.77. The van der Waals surface area contributed by atoms with Crippen LogP contribution in [0.2, 0.25) is 0 Å². The molecule has 90 valence electrons. The van der Waals surface area contributed by atoms with Crippen LogP contribution in [-0.4, -0.2) is 35.6 Å². The second-order valence-corrected chi connectivity index (χ2v) is 5.85. The number of hydrogen-bond acceptors (Lipinski definition) is 3. The fraction of sp³-hybridized carbons (Fsp3) is 0.643. The molecule has 4 heterocycles. The average molecular weight is 230 g/mol. The maximum absolute atomic E-state index is 6.20. The lowest BCUT2D eigenvalue weighted by molar-refractivity contribution is -0.0985. The lowest BCUT2D eigenvalue weighted by atomic mass is 9.66. The normalized spacial score (nSPS) is 42.7. The summed E-state index contributed by atoms with van der Waals surface area (Å²) < 4.78 is 6.20. The van der Waals surface area contributed by atoms with Gasteiger partial charge in [-0.2, -0.15) is 0 Å². The first-order chi connectivity index (χ1) is 8.38. The highest BCUT2D eigenvalue weighted by molar-refractivity contribution is 5.17. The standard InChI is InChI=1S/C14H18N2O/c1-2-13(6-15-3-1)17-14-11-4-10-5-12(14)9-16(7-10)8-11/h1-3,6,10-12,14H,4-5,7-9H2/t10?,11-,12-,14?/m0/s1. The number of pyridine rings is 1. The summed E-state index contributed by atoms with van der Waals surface area (Å²) in [7, 11) is 0. The van der Waals surface area contributed by atoms with Gasteiger partial charge in [-0.1, -0.05) is 0 Å². The van der Waals surface area contributed by atoms with E-state index >= 15 is 0 Å². The smallest absolute Gasteiger partial charge is 0.138 e. The Hall–Kier alpha value is -1.09. The van der Waals surface area contributed by atoms with Crippen LogP contribution in [0.3, 0.4) is 0 Å². The van der Waals surface area contributed by atoms with E-state index in [1.54, 1.807) is 6.20 Å². The molecule has 1 aromatic heterocycles. The first-order valence-electron chi connectivity index (χ1n) is 6.67. The summed E-state index contributed by atoms with van der Waals surface area (Å²) in [6.07, 6.45) is 6.82. The average Bonchev–Trinajstić information content (AvgIpc) is 2.34. The first kappa shape index (κ1) is 9.89. The fourth-order valence-corrected chi connectivity index (χ4v) is 4.13. The van der Waals surface area contributed by atoms with E-state index in [-0.39, 0.29) is 0 Å². The zero-order chi connectivity index (χ0) is 11.2. The summed E-state index contributed by atoms with van der Waals surface area (Å²) >= 11 is 0. The molecule has 0 radical (unpaired) electrons. The molecule has 0 spiro atoms. The highest BCUT2D eigenvalue weighted by atomic mass is 16.5. The van der Waals surface area contributed by atoms with Crippen LogP contribution in [-0.2, 0) is 0 Å². The van der Waals surface area contributed by atoms with Gasteiger partial charge >= 0.3 is 0 Å². The Kier molecular flexibility index (Phi) is 2.15. The Bertz CT molecular complexity index is 378. The second kappa shape index (κ2) is 3.70. The van der Waals surface area contributed by atoms with Gasteiger partial charge in [0.05, 0.1) is 6.20 Å². The second-order valence-electron chi connectivity index (χ2n) is 5.85. The van der Waals surface area contributed by atoms with E-state index in [0.29, 0.717) is 6.10 Å². The van der Waals surface area contributed by atoms with Gasteiger partial charge < -0.3 is 9.64 Å². The number of nitrogens with zero attached hydrogens (tertiary/aromatic N) is 2. The van der Waals surface area contributed by atoms with Gasteiger partial charge in [-0.25, -0.2) is 0 Å². The zero-order valence-corrected chi connectivity index (χ0v) is 9.96. The molecule has 4 fully saturated rings. The van der Waals surface area contributed by atoms with Crippen molar-refractivity contribution in [3.8, 4) is 5.75 Å². The quantitative estimate of drug-likeness (QED) is 0.774. The summed E-state index contributed by atoms with van der Waals surface area (Å²) in [5.41, 5.74) is 0. The molecule has 3 aliphatic heterocycles. The molecule has 2 atom stereocenters. The number of piperidine rings is 3. The highest BCUT2D eigenvalue weighted by Crippen LogP contribution is 2.44. The van der Waals surface area contributed by atoms with Crippen LogP contribution in [0.5, 0.6) is 5.75 Å². The summed E-state index contributed by atoms with van der Waals surface area (Å²) in [5.74, 6) is 3.39. The van der Waals surface area contributed by atoms with Gasteiger partial charge in [-0.15, -0.1) is 0 Å². The Morgan fingerprint density at radius 1 is 1.18 bits per heavy atom. The van der Waals surface area contributed by atoms with E-state index in [9.17, 15) is 0 Å². The van der Waals surface area contributed by atoms with E-state index in [0.717, 1.165) is 23.5 Å². The molecule has 0 unspecified atom stereocenters. The van der Waals surface area contributed by atoms with E-state index in [1.165, 1.54) is 32.5 Å². The predicted molar refractivity (Wildman–Crippen MR) is 64.8 cm³/mol. The molecule has 0 N–H and O–H groups in total. The zero-order valence-electron chi connectivity index (χ0n) is 9.96. The van der Waals surface area contributed by atoms with Crippen molar-refractivity contribution in [2.24, 2.45) is 17.8 Å². The summed E-state index contributed by atoms with van der Waals surface area (Å²) in [6, 6.07) is 3.98. The van der Waals surface area contributed by atoms with E-state index < -0.39 is 0 Å². The molecule has 4 bridgehead atoms. The van der Waals surface area contributed by atoms with Crippen molar-refractivity contribution in [3.05, 3.63) is 24.5 Å². The van der Waals surface area contributed by atoms with Crippen molar-refractivity contribution in [2.75, 3.05) is 19.6 Å². The molecule has 1 saturated carbocycles. The fourth-order valence-electron chi connectivity index (χ4n) is 4.13. The minimum atomic E-state index is 0.437. The lowest BCUT2D eigenvalue weighted by Gasteiger charge is -2.55. The molecule has 3 heteroatoms. The van der Waals surface area contributed by atoms with Gasteiger partial charge in [0.1, 0.15) is 11.9 Å². The Morgan fingerprint density at radius 3 is 2.65 bits per heavy atom. The number of hydrogen-bond donors (Lipinski definition) is 0. The molecule has 0 amide bonds. The van der Waals surface area contributed by atoms with Gasteiger partial charge in [0.25, 0.3) is 0 Å². The van der Waals surface area contributed by atoms with Crippen LogP contribution in [0, 0.1) is 17.8 Å². The van der Waals surface area contributed by atoms with E-state index in [4.69, 9.17) is 4.74 Å². The Labute approximate surface area is 102 Å². The van der Waals surface area contributed by atoms with Crippen LogP contribution >= 0.6 is 0 Å². The van der Waals surface area contributed by atoms with Crippen molar-refractivity contribution < 1.29 is 4.74 Å². The monoisotopic (exact) mass is 230 g/mol. The minimum Gasteiger partial charge on any atom is -0.488 e. The molecule has 5 rings (SSSR count). The van der Waals surface area contributed by atoms with E-state index in [2.05, 4.69) is 9.88 Å². The SMILES string of the molecule is c1cncc(OC2[C@H]3CC4C[C@H]2CN(C4)C3)c1. The van der Waals surface area contributed by atoms with Crippen molar-refractivity contribution in [3.63, 3.8) is 0 Å². The number of aromatic nitrogens is 1. The van der Waals surface area contributed by atoms with Crippen LogP contribution < -0.4 is 4.74 Å².